The molecular formula is C21H25N3O3. The molecule has 2 aromatic carbocycles. The van der Waals surface area contributed by atoms with Crippen LogP contribution in [0.1, 0.15) is 28.8 Å². The van der Waals surface area contributed by atoms with Crippen LogP contribution in [-0.4, -0.2) is 53.4 Å². The summed E-state index contributed by atoms with van der Waals surface area (Å²) in [6.07, 6.45) is 2.86. The smallest absolute Gasteiger partial charge is 0.270 e. The standard InChI is InChI=1S/C21H25N3O3/c1-22(13-10-17-6-3-2-4-7-17)19-11-14-23(15-12-19)21(25)18-8-5-9-20(16-18)24(26)27/h2-9,16,19H,10-15H2,1H3. The summed E-state index contributed by atoms with van der Waals surface area (Å²) in [7, 11) is 2.14. The van der Waals surface area contributed by atoms with Gasteiger partial charge in [-0.15, -0.1) is 0 Å². The molecule has 0 atom stereocenters. The van der Waals surface area contributed by atoms with Crippen LogP contribution >= 0.6 is 0 Å². The Balaban J connectivity index is 1.51. The molecule has 0 radical (unpaired) electrons. The first kappa shape index (κ1) is 19.0. The van der Waals surface area contributed by atoms with E-state index in [1.165, 1.54) is 17.7 Å². The summed E-state index contributed by atoms with van der Waals surface area (Å²) >= 11 is 0. The molecule has 1 aliphatic heterocycles. The Morgan fingerprint density at radius 3 is 2.52 bits per heavy atom. The average Bonchev–Trinajstić information content (AvgIpc) is 2.72. The number of carbonyl (C=O) groups is 1. The summed E-state index contributed by atoms with van der Waals surface area (Å²) in [6.45, 7) is 2.36. The monoisotopic (exact) mass is 367 g/mol. The molecular weight excluding hydrogens is 342 g/mol. The van der Waals surface area contributed by atoms with Gasteiger partial charge in [-0.05, 0) is 37.9 Å². The number of nitro benzene ring substituents is 1. The fraction of sp³-hybridized carbons (Fsp3) is 0.381. The lowest BCUT2D eigenvalue weighted by Gasteiger charge is -2.36. The third kappa shape index (κ3) is 4.92. The second-order valence-electron chi connectivity index (χ2n) is 7.05. The van der Waals surface area contributed by atoms with E-state index < -0.39 is 4.92 Å². The van der Waals surface area contributed by atoms with Crippen LogP contribution in [0.4, 0.5) is 5.69 Å². The van der Waals surface area contributed by atoms with Gasteiger partial charge in [0.2, 0.25) is 0 Å². The van der Waals surface area contributed by atoms with Crippen molar-refractivity contribution in [3.05, 3.63) is 75.8 Å². The maximum absolute atomic E-state index is 12.7. The molecule has 0 spiro atoms. The van der Waals surface area contributed by atoms with E-state index in [9.17, 15) is 14.9 Å². The number of piperidine rings is 1. The van der Waals surface area contributed by atoms with Crippen LogP contribution < -0.4 is 0 Å². The molecule has 1 fully saturated rings. The van der Waals surface area contributed by atoms with E-state index in [4.69, 9.17) is 0 Å². The molecule has 142 valence electrons. The second-order valence-corrected chi connectivity index (χ2v) is 7.05. The van der Waals surface area contributed by atoms with Crippen LogP contribution in [0.3, 0.4) is 0 Å². The zero-order valence-corrected chi connectivity index (χ0v) is 15.6. The number of nitro groups is 1. The van der Waals surface area contributed by atoms with Crippen LogP contribution in [-0.2, 0) is 6.42 Å². The van der Waals surface area contributed by atoms with Gasteiger partial charge < -0.3 is 9.80 Å². The third-order valence-electron chi connectivity index (χ3n) is 5.27. The number of carbonyl (C=O) groups excluding carboxylic acids is 1. The first-order chi connectivity index (χ1) is 13.0. The molecule has 1 saturated heterocycles. The van der Waals surface area contributed by atoms with Crippen LogP contribution in [0.25, 0.3) is 0 Å². The SMILES string of the molecule is CN(CCc1ccccc1)C1CCN(C(=O)c2cccc([N+](=O)[O-])c2)CC1. The quantitative estimate of drug-likeness (QED) is 0.580. The normalized spacial score (nSPS) is 15.1. The highest BCUT2D eigenvalue weighted by atomic mass is 16.6. The Hall–Kier alpha value is -2.73. The average molecular weight is 367 g/mol. The van der Waals surface area contributed by atoms with Gasteiger partial charge in [-0.1, -0.05) is 36.4 Å². The highest BCUT2D eigenvalue weighted by Gasteiger charge is 2.26. The summed E-state index contributed by atoms with van der Waals surface area (Å²) < 4.78 is 0. The van der Waals surface area contributed by atoms with Crippen molar-refractivity contribution in [1.82, 2.24) is 9.80 Å². The van der Waals surface area contributed by atoms with Gasteiger partial charge in [-0.3, -0.25) is 14.9 Å². The predicted molar refractivity (Wildman–Crippen MR) is 105 cm³/mol. The summed E-state index contributed by atoms with van der Waals surface area (Å²) in [4.78, 5) is 27.3. The Labute approximate surface area is 159 Å². The van der Waals surface area contributed by atoms with Crippen molar-refractivity contribution in [3.63, 3.8) is 0 Å². The first-order valence-electron chi connectivity index (χ1n) is 9.32. The summed E-state index contributed by atoms with van der Waals surface area (Å²) in [5.41, 5.74) is 1.68. The number of amides is 1. The number of hydrogen-bond donors (Lipinski definition) is 0. The van der Waals surface area contributed by atoms with Crippen LogP contribution in [0.5, 0.6) is 0 Å². The number of benzene rings is 2. The summed E-state index contributed by atoms with van der Waals surface area (Å²) in [5, 5.41) is 10.9. The van der Waals surface area contributed by atoms with Crippen molar-refractivity contribution in [2.24, 2.45) is 0 Å². The minimum Gasteiger partial charge on any atom is -0.339 e. The molecule has 1 amide bonds. The number of likely N-dealkylation sites (tertiary alicyclic amines) is 1. The Kier molecular flexibility index (Phi) is 6.19. The van der Waals surface area contributed by atoms with E-state index in [0.717, 1.165) is 25.8 Å². The van der Waals surface area contributed by atoms with Crippen LogP contribution in [0, 0.1) is 10.1 Å². The maximum Gasteiger partial charge on any atom is 0.270 e. The zero-order chi connectivity index (χ0) is 19.2. The molecule has 0 aromatic heterocycles. The van der Waals surface area contributed by atoms with Crippen molar-refractivity contribution in [1.29, 1.82) is 0 Å². The maximum atomic E-state index is 12.7. The molecule has 3 rings (SSSR count). The van der Waals surface area contributed by atoms with Gasteiger partial charge in [0.25, 0.3) is 11.6 Å². The number of rotatable bonds is 6. The minimum absolute atomic E-state index is 0.0450. The molecule has 1 aliphatic rings. The second kappa shape index (κ2) is 8.77. The van der Waals surface area contributed by atoms with Crippen molar-refractivity contribution < 1.29 is 9.72 Å². The van der Waals surface area contributed by atoms with E-state index in [0.29, 0.717) is 24.7 Å². The molecule has 0 N–H and O–H groups in total. The Morgan fingerprint density at radius 1 is 1.15 bits per heavy atom. The molecule has 27 heavy (non-hydrogen) atoms. The van der Waals surface area contributed by atoms with Gasteiger partial charge >= 0.3 is 0 Å². The third-order valence-corrected chi connectivity index (χ3v) is 5.27. The fourth-order valence-corrected chi connectivity index (χ4v) is 3.58. The first-order valence-corrected chi connectivity index (χ1v) is 9.32. The number of nitrogens with zero attached hydrogens (tertiary/aromatic N) is 3. The van der Waals surface area contributed by atoms with Gasteiger partial charge in [0.15, 0.2) is 0 Å². The molecule has 0 unspecified atom stereocenters. The van der Waals surface area contributed by atoms with E-state index >= 15 is 0 Å². The number of non-ortho nitro benzene ring substituents is 1. The van der Waals surface area contributed by atoms with Gasteiger partial charge in [0.05, 0.1) is 4.92 Å². The lowest BCUT2D eigenvalue weighted by atomic mass is 10.0. The van der Waals surface area contributed by atoms with E-state index in [-0.39, 0.29) is 11.6 Å². The van der Waals surface area contributed by atoms with Crippen LogP contribution in [0.2, 0.25) is 0 Å². The Bertz CT molecular complexity index is 786. The van der Waals surface area contributed by atoms with Gasteiger partial charge in [0.1, 0.15) is 0 Å². The summed E-state index contributed by atoms with van der Waals surface area (Å²) in [5.74, 6) is -0.121. The molecule has 0 saturated carbocycles. The predicted octanol–water partition coefficient (Wildman–Crippen LogP) is 3.37. The largest absolute Gasteiger partial charge is 0.339 e. The highest BCUT2D eigenvalue weighted by molar-refractivity contribution is 5.94. The molecule has 0 aliphatic carbocycles. The number of hydrogen-bond acceptors (Lipinski definition) is 4. The Morgan fingerprint density at radius 2 is 1.85 bits per heavy atom. The van der Waals surface area contributed by atoms with Crippen molar-refractivity contribution in [2.75, 3.05) is 26.7 Å². The molecule has 0 bridgehead atoms. The van der Waals surface area contributed by atoms with Crippen molar-refractivity contribution in [2.45, 2.75) is 25.3 Å². The lowest BCUT2D eigenvalue weighted by molar-refractivity contribution is -0.384. The fourth-order valence-electron chi connectivity index (χ4n) is 3.58. The van der Waals surface area contributed by atoms with Gasteiger partial charge in [-0.25, -0.2) is 0 Å². The van der Waals surface area contributed by atoms with E-state index in [1.807, 2.05) is 6.07 Å². The number of likely N-dealkylation sites (N-methyl/N-ethyl adjacent to an activating group) is 1. The minimum atomic E-state index is -0.468. The van der Waals surface area contributed by atoms with Crippen LogP contribution in [0.15, 0.2) is 54.6 Å². The zero-order valence-electron chi connectivity index (χ0n) is 15.6. The van der Waals surface area contributed by atoms with Gasteiger partial charge in [0, 0.05) is 43.4 Å². The molecule has 1 heterocycles. The lowest BCUT2D eigenvalue weighted by Crippen LogP contribution is -2.46. The van der Waals surface area contributed by atoms with E-state index in [1.54, 1.807) is 17.0 Å². The molecule has 2 aromatic rings. The summed E-state index contributed by atoms with van der Waals surface area (Å²) in [6, 6.07) is 16.9. The van der Waals surface area contributed by atoms with Crippen molar-refractivity contribution in [3.8, 4) is 0 Å². The van der Waals surface area contributed by atoms with Gasteiger partial charge in [-0.2, -0.15) is 0 Å². The van der Waals surface area contributed by atoms with Crippen molar-refractivity contribution >= 4 is 11.6 Å². The molecule has 6 nitrogen and oxygen atoms in total. The molecule has 6 heteroatoms. The topological polar surface area (TPSA) is 66.7 Å². The van der Waals surface area contributed by atoms with E-state index in [2.05, 4.69) is 36.2 Å². The highest BCUT2D eigenvalue weighted by Crippen LogP contribution is 2.20.